The van der Waals surface area contributed by atoms with Crippen LogP contribution in [0.5, 0.6) is 0 Å². The van der Waals surface area contributed by atoms with Gasteiger partial charge in [0.1, 0.15) is 6.04 Å². The second-order valence-electron chi connectivity index (χ2n) is 5.59. The van der Waals surface area contributed by atoms with E-state index in [-0.39, 0.29) is 11.8 Å². The molecule has 0 spiro atoms. The largest absolute Gasteiger partial charge is 0.331 e. The number of rotatable bonds is 4. The van der Waals surface area contributed by atoms with Gasteiger partial charge in [0.2, 0.25) is 11.8 Å². The lowest BCUT2D eigenvalue weighted by molar-refractivity contribution is -0.140. The molecule has 0 aliphatic carbocycles. The van der Waals surface area contributed by atoms with E-state index in [1.165, 1.54) is 0 Å². The zero-order valence-electron chi connectivity index (χ0n) is 13.0. The van der Waals surface area contributed by atoms with E-state index in [0.717, 1.165) is 23.4 Å². The first kappa shape index (κ1) is 15.7. The van der Waals surface area contributed by atoms with Crippen LogP contribution in [0, 0.1) is 0 Å². The number of anilines is 1. The fourth-order valence-electron chi connectivity index (χ4n) is 2.86. The van der Waals surface area contributed by atoms with Gasteiger partial charge in [0, 0.05) is 19.0 Å². The van der Waals surface area contributed by atoms with Gasteiger partial charge in [0.05, 0.1) is 10.6 Å². The monoisotopic (exact) mass is 332 g/mol. The number of nitrogens with one attached hydrogen (secondary N) is 2. The molecule has 0 bridgehead atoms. The van der Waals surface area contributed by atoms with Gasteiger partial charge in [0.15, 0.2) is 5.82 Å². The second-order valence-corrected chi connectivity index (χ2v) is 6.53. The first-order valence-electron chi connectivity index (χ1n) is 7.88. The molecule has 23 heavy (non-hydrogen) atoms. The number of aromatic nitrogens is 2. The molecule has 3 rings (SSSR count). The summed E-state index contributed by atoms with van der Waals surface area (Å²) in [6, 6.07) is 5.39. The number of hydrogen-bond acceptors (Lipinski definition) is 4. The number of likely N-dealkylation sites (tertiary alicyclic amines) is 1. The van der Waals surface area contributed by atoms with Crippen LogP contribution in [0.4, 0.5) is 5.82 Å². The SMILES string of the molecule is CCC(=O)N1CCCCC1C(=O)Nc1cc(-c2cccs2)[nH]n1. The maximum Gasteiger partial charge on any atom is 0.248 e. The van der Waals surface area contributed by atoms with Crippen molar-refractivity contribution in [3.05, 3.63) is 23.6 Å². The summed E-state index contributed by atoms with van der Waals surface area (Å²) in [4.78, 5) is 27.3. The van der Waals surface area contributed by atoms with Crippen molar-refractivity contribution in [2.24, 2.45) is 0 Å². The number of H-pyrrole nitrogens is 1. The smallest absolute Gasteiger partial charge is 0.248 e. The molecule has 1 fully saturated rings. The Kier molecular flexibility index (Phi) is 4.76. The van der Waals surface area contributed by atoms with Crippen molar-refractivity contribution in [2.75, 3.05) is 11.9 Å². The quantitative estimate of drug-likeness (QED) is 0.903. The van der Waals surface area contributed by atoms with Gasteiger partial charge in [-0.3, -0.25) is 14.7 Å². The molecule has 2 aromatic rings. The minimum Gasteiger partial charge on any atom is -0.331 e. The molecule has 2 amide bonds. The highest BCUT2D eigenvalue weighted by Gasteiger charge is 2.31. The highest BCUT2D eigenvalue weighted by Crippen LogP contribution is 2.25. The van der Waals surface area contributed by atoms with E-state index in [0.29, 0.717) is 25.2 Å². The molecular weight excluding hydrogens is 312 g/mol. The third kappa shape index (κ3) is 3.44. The van der Waals surface area contributed by atoms with Gasteiger partial charge in [-0.15, -0.1) is 11.3 Å². The number of carbonyl (C=O) groups is 2. The van der Waals surface area contributed by atoms with Gasteiger partial charge in [0.25, 0.3) is 0 Å². The molecule has 1 saturated heterocycles. The molecule has 1 unspecified atom stereocenters. The first-order chi connectivity index (χ1) is 11.2. The van der Waals surface area contributed by atoms with E-state index in [2.05, 4.69) is 15.5 Å². The van der Waals surface area contributed by atoms with Crippen molar-refractivity contribution in [1.82, 2.24) is 15.1 Å². The van der Waals surface area contributed by atoms with E-state index in [1.54, 1.807) is 16.2 Å². The van der Waals surface area contributed by atoms with Crippen LogP contribution in [0.15, 0.2) is 23.6 Å². The van der Waals surface area contributed by atoms with Crippen molar-refractivity contribution >= 4 is 29.0 Å². The molecule has 2 N–H and O–H groups in total. The molecule has 0 saturated carbocycles. The lowest BCUT2D eigenvalue weighted by Crippen LogP contribution is -2.49. The average molecular weight is 332 g/mol. The Balaban J connectivity index is 1.69. The highest BCUT2D eigenvalue weighted by molar-refractivity contribution is 7.13. The van der Waals surface area contributed by atoms with Crippen LogP contribution < -0.4 is 5.32 Å². The molecule has 1 aliphatic rings. The van der Waals surface area contributed by atoms with E-state index in [1.807, 2.05) is 30.5 Å². The van der Waals surface area contributed by atoms with Gasteiger partial charge in [-0.2, -0.15) is 5.10 Å². The summed E-state index contributed by atoms with van der Waals surface area (Å²) in [7, 11) is 0. The van der Waals surface area contributed by atoms with Gasteiger partial charge in [-0.25, -0.2) is 0 Å². The van der Waals surface area contributed by atoms with E-state index in [4.69, 9.17) is 0 Å². The minimum absolute atomic E-state index is 0.0335. The van der Waals surface area contributed by atoms with Crippen LogP contribution >= 0.6 is 11.3 Å². The topological polar surface area (TPSA) is 78.1 Å². The van der Waals surface area contributed by atoms with Gasteiger partial charge < -0.3 is 10.2 Å². The first-order valence-corrected chi connectivity index (χ1v) is 8.76. The molecule has 6 nitrogen and oxygen atoms in total. The van der Waals surface area contributed by atoms with E-state index in [9.17, 15) is 9.59 Å². The normalized spacial score (nSPS) is 18.0. The second kappa shape index (κ2) is 6.95. The zero-order valence-corrected chi connectivity index (χ0v) is 13.9. The van der Waals surface area contributed by atoms with Crippen molar-refractivity contribution in [3.63, 3.8) is 0 Å². The third-order valence-corrected chi connectivity index (χ3v) is 4.95. The lowest BCUT2D eigenvalue weighted by atomic mass is 10.0. The summed E-state index contributed by atoms with van der Waals surface area (Å²) in [6.45, 7) is 2.48. The number of nitrogens with zero attached hydrogens (tertiary/aromatic N) is 2. The van der Waals surface area contributed by atoms with Crippen LogP contribution in [0.2, 0.25) is 0 Å². The molecule has 0 aromatic carbocycles. The van der Waals surface area contributed by atoms with Crippen LogP contribution in [0.1, 0.15) is 32.6 Å². The number of aromatic amines is 1. The lowest BCUT2D eigenvalue weighted by Gasteiger charge is -2.34. The molecule has 0 radical (unpaired) electrons. The Morgan fingerprint density at radius 1 is 1.48 bits per heavy atom. The Labute approximate surface area is 138 Å². The van der Waals surface area contributed by atoms with E-state index < -0.39 is 6.04 Å². The Morgan fingerprint density at radius 3 is 3.09 bits per heavy atom. The predicted molar refractivity (Wildman–Crippen MR) is 90.2 cm³/mol. The average Bonchev–Trinajstić information content (AvgIpc) is 3.25. The Bertz CT molecular complexity index is 680. The minimum atomic E-state index is -0.391. The third-order valence-electron chi connectivity index (χ3n) is 4.04. The fourth-order valence-corrected chi connectivity index (χ4v) is 3.55. The van der Waals surface area contributed by atoms with E-state index >= 15 is 0 Å². The molecule has 2 aromatic heterocycles. The maximum absolute atomic E-state index is 12.5. The summed E-state index contributed by atoms with van der Waals surface area (Å²) < 4.78 is 0. The summed E-state index contributed by atoms with van der Waals surface area (Å²) in [6.07, 6.45) is 3.06. The van der Waals surface area contributed by atoms with Crippen molar-refractivity contribution in [2.45, 2.75) is 38.6 Å². The number of hydrogen-bond donors (Lipinski definition) is 2. The predicted octanol–water partition coefficient (Wildman–Crippen LogP) is 2.87. The molecule has 1 atom stereocenters. The van der Waals surface area contributed by atoms with Crippen LogP contribution in [0.25, 0.3) is 10.6 Å². The summed E-state index contributed by atoms with van der Waals surface area (Å²) in [5.74, 6) is 0.370. The number of piperidine rings is 1. The number of amides is 2. The van der Waals surface area contributed by atoms with Crippen LogP contribution in [-0.4, -0.2) is 39.5 Å². The van der Waals surface area contributed by atoms with Crippen molar-refractivity contribution in [1.29, 1.82) is 0 Å². The van der Waals surface area contributed by atoms with Gasteiger partial charge in [-0.1, -0.05) is 13.0 Å². The maximum atomic E-state index is 12.5. The molecule has 7 heteroatoms. The van der Waals surface area contributed by atoms with Crippen LogP contribution in [-0.2, 0) is 9.59 Å². The van der Waals surface area contributed by atoms with Crippen molar-refractivity contribution < 1.29 is 9.59 Å². The molecular formula is C16H20N4O2S. The Morgan fingerprint density at radius 2 is 2.35 bits per heavy atom. The Hall–Kier alpha value is -2.15. The van der Waals surface area contributed by atoms with Crippen molar-refractivity contribution in [3.8, 4) is 10.6 Å². The number of thiophene rings is 1. The summed E-state index contributed by atoms with van der Waals surface area (Å²) >= 11 is 1.61. The summed E-state index contributed by atoms with van der Waals surface area (Å²) in [5.41, 5.74) is 0.875. The highest BCUT2D eigenvalue weighted by atomic mass is 32.1. The molecule has 1 aliphatic heterocycles. The fraction of sp³-hybridized carbons (Fsp3) is 0.438. The summed E-state index contributed by atoms with van der Waals surface area (Å²) in [5, 5.41) is 11.9. The molecule has 3 heterocycles. The van der Waals surface area contributed by atoms with Gasteiger partial charge >= 0.3 is 0 Å². The van der Waals surface area contributed by atoms with Gasteiger partial charge in [-0.05, 0) is 30.7 Å². The standard InChI is InChI=1S/C16H20N4O2S/c1-2-15(21)20-8-4-3-6-12(20)16(22)17-14-10-11(18-19-14)13-7-5-9-23-13/h5,7,9-10,12H,2-4,6,8H2,1H3,(H2,17,18,19,22). The van der Waals surface area contributed by atoms with Crippen LogP contribution in [0.3, 0.4) is 0 Å². The zero-order chi connectivity index (χ0) is 16.2. The molecule has 122 valence electrons. The number of carbonyl (C=O) groups excluding carboxylic acids is 2.